The fourth-order valence-corrected chi connectivity index (χ4v) is 2.19. The smallest absolute Gasteiger partial charge is 0.339 e. The number of primary amides is 1. The number of nitrogens with two attached hydrogens (primary N) is 1. The molecule has 0 aliphatic carbocycles. The zero-order chi connectivity index (χ0) is 15.2. The van der Waals surface area contributed by atoms with Crippen LogP contribution in [0.5, 0.6) is 0 Å². The molecule has 0 bridgehead atoms. The van der Waals surface area contributed by atoms with Crippen molar-refractivity contribution in [2.45, 2.75) is 19.9 Å². The lowest BCUT2D eigenvalue weighted by Crippen LogP contribution is -2.19. The molecule has 0 atom stereocenters. The van der Waals surface area contributed by atoms with Crippen LogP contribution in [0, 0.1) is 0 Å². The average molecular weight is 286 g/mol. The first kappa shape index (κ1) is 14.8. The Hall–Kier alpha value is -2.56. The van der Waals surface area contributed by atoms with E-state index in [0.29, 0.717) is 24.4 Å². The number of ether oxygens (including phenoxy) is 1. The van der Waals surface area contributed by atoms with Gasteiger partial charge in [0.2, 0.25) is 5.91 Å². The van der Waals surface area contributed by atoms with E-state index in [1.54, 1.807) is 19.2 Å². The third-order valence-corrected chi connectivity index (χ3v) is 3.11. The van der Waals surface area contributed by atoms with Crippen molar-refractivity contribution in [3.05, 3.63) is 59.4 Å². The van der Waals surface area contributed by atoms with E-state index in [4.69, 9.17) is 10.5 Å². The molecule has 1 heterocycles. The highest BCUT2D eigenvalue weighted by Crippen LogP contribution is 2.16. The van der Waals surface area contributed by atoms with Crippen molar-refractivity contribution in [3.8, 4) is 0 Å². The number of benzene rings is 1. The van der Waals surface area contributed by atoms with Crippen molar-refractivity contribution in [2.75, 3.05) is 6.61 Å². The normalized spacial score (nSPS) is 10.3. The minimum absolute atomic E-state index is 0.00792. The number of aromatic nitrogens is 1. The topological polar surface area (TPSA) is 74.3 Å². The van der Waals surface area contributed by atoms with Crippen LogP contribution in [-0.2, 0) is 22.5 Å². The molecule has 2 rings (SSSR count). The lowest BCUT2D eigenvalue weighted by atomic mass is 10.1. The van der Waals surface area contributed by atoms with E-state index >= 15 is 0 Å². The second-order valence-corrected chi connectivity index (χ2v) is 4.65. The number of hydrogen-bond donors (Lipinski definition) is 1. The van der Waals surface area contributed by atoms with E-state index in [1.807, 2.05) is 34.9 Å². The first-order valence-electron chi connectivity index (χ1n) is 6.79. The van der Waals surface area contributed by atoms with E-state index in [9.17, 15) is 9.59 Å². The minimum atomic E-state index is -0.478. The molecule has 1 aromatic heterocycles. The molecule has 0 spiro atoms. The fourth-order valence-electron chi connectivity index (χ4n) is 2.19. The third-order valence-electron chi connectivity index (χ3n) is 3.11. The molecule has 0 aliphatic heterocycles. The van der Waals surface area contributed by atoms with Crippen molar-refractivity contribution in [1.29, 1.82) is 0 Å². The first-order valence-corrected chi connectivity index (χ1v) is 6.79. The van der Waals surface area contributed by atoms with Crippen molar-refractivity contribution < 1.29 is 14.3 Å². The van der Waals surface area contributed by atoms with Gasteiger partial charge in [0.15, 0.2) is 0 Å². The van der Waals surface area contributed by atoms with Crippen LogP contribution in [0.2, 0.25) is 0 Å². The van der Waals surface area contributed by atoms with Crippen LogP contribution in [0.3, 0.4) is 0 Å². The predicted molar refractivity (Wildman–Crippen MR) is 78.8 cm³/mol. The van der Waals surface area contributed by atoms with Gasteiger partial charge in [-0.05, 0) is 18.6 Å². The lowest BCUT2D eigenvalue weighted by molar-refractivity contribution is -0.117. The quantitative estimate of drug-likeness (QED) is 0.822. The van der Waals surface area contributed by atoms with Gasteiger partial charge in [-0.25, -0.2) is 4.79 Å². The van der Waals surface area contributed by atoms with Crippen LogP contribution in [0.1, 0.15) is 28.5 Å². The van der Waals surface area contributed by atoms with Crippen LogP contribution >= 0.6 is 0 Å². The number of hydrogen-bond acceptors (Lipinski definition) is 3. The Morgan fingerprint density at radius 3 is 2.52 bits per heavy atom. The summed E-state index contributed by atoms with van der Waals surface area (Å²) >= 11 is 0. The Morgan fingerprint density at radius 1 is 1.19 bits per heavy atom. The number of carbonyl (C=O) groups excluding carboxylic acids is 2. The minimum Gasteiger partial charge on any atom is -0.462 e. The zero-order valence-corrected chi connectivity index (χ0v) is 11.9. The summed E-state index contributed by atoms with van der Waals surface area (Å²) in [6, 6.07) is 11.5. The maximum atomic E-state index is 11.9. The van der Waals surface area contributed by atoms with Gasteiger partial charge in [-0.1, -0.05) is 30.3 Å². The van der Waals surface area contributed by atoms with Crippen molar-refractivity contribution in [1.82, 2.24) is 4.57 Å². The summed E-state index contributed by atoms with van der Waals surface area (Å²) in [6.45, 7) is 2.61. The molecule has 5 nitrogen and oxygen atoms in total. The van der Waals surface area contributed by atoms with Gasteiger partial charge in [0.25, 0.3) is 0 Å². The van der Waals surface area contributed by atoms with Gasteiger partial charge >= 0.3 is 5.97 Å². The maximum absolute atomic E-state index is 11.9. The molecule has 1 aromatic carbocycles. The molecule has 110 valence electrons. The molecular weight excluding hydrogens is 268 g/mol. The van der Waals surface area contributed by atoms with Gasteiger partial charge in [0.1, 0.15) is 0 Å². The Bertz CT molecular complexity index is 632. The molecule has 1 amide bonds. The van der Waals surface area contributed by atoms with E-state index in [2.05, 4.69) is 0 Å². The highest BCUT2D eigenvalue weighted by molar-refractivity contribution is 5.92. The van der Waals surface area contributed by atoms with Crippen molar-refractivity contribution in [3.63, 3.8) is 0 Å². The van der Waals surface area contributed by atoms with Gasteiger partial charge < -0.3 is 15.0 Å². The first-order chi connectivity index (χ1) is 10.1. The molecule has 0 fully saturated rings. The molecule has 2 aromatic rings. The number of rotatable bonds is 6. The highest BCUT2D eigenvalue weighted by Gasteiger charge is 2.18. The second-order valence-electron chi connectivity index (χ2n) is 4.65. The second kappa shape index (κ2) is 6.74. The van der Waals surface area contributed by atoms with Crippen LogP contribution in [0.15, 0.2) is 42.6 Å². The summed E-state index contributed by atoms with van der Waals surface area (Å²) in [5, 5.41) is 0. The summed E-state index contributed by atoms with van der Waals surface area (Å²) < 4.78 is 6.86. The number of esters is 1. The summed E-state index contributed by atoms with van der Waals surface area (Å²) in [5.41, 5.74) is 7.35. The van der Waals surface area contributed by atoms with Gasteiger partial charge in [-0.2, -0.15) is 0 Å². The van der Waals surface area contributed by atoms with Gasteiger partial charge in [-0.15, -0.1) is 0 Å². The largest absolute Gasteiger partial charge is 0.462 e. The zero-order valence-electron chi connectivity index (χ0n) is 11.9. The van der Waals surface area contributed by atoms with Gasteiger partial charge in [0, 0.05) is 18.4 Å². The van der Waals surface area contributed by atoms with Crippen LogP contribution < -0.4 is 5.73 Å². The predicted octanol–water partition coefficient (Wildman–Crippen LogP) is 1.74. The molecule has 21 heavy (non-hydrogen) atoms. The van der Waals surface area contributed by atoms with Crippen molar-refractivity contribution in [2.24, 2.45) is 5.73 Å². The van der Waals surface area contributed by atoms with Crippen LogP contribution in [0.25, 0.3) is 0 Å². The number of carbonyl (C=O) groups is 2. The summed E-state index contributed by atoms with van der Waals surface area (Å²) in [4.78, 5) is 23.2. The SMILES string of the molecule is CCOC(=O)c1ccn(Cc2ccccc2)c1CC(N)=O. The third kappa shape index (κ3) is 3.72. The Kier molecular flexibility index (Phi) is 4.77. The molecule has 0 saturated heterocycles. The van der Waals surface area contributed by atoms with Gasteiger partial charge in [0.05, 0.1) is 18.6 Å². The van der Waals surface area contributed by atoms with E-state index in [1.165, 1.54) is 0 Å². The van der Waals surface area contributed by atoms with Crippen LogP contribution in [0.4, 0.5) is 0 Å². The summed E-state index contributed by atoms with van der Waals surface area (Å²) in [7, 11) is 0. The van der Waals surface area contributed by atoms with Crippen molar-refractivity contribution >= 4 is 11.9 Å². The molecular formula is C16H18N2O3. The Balaban J connectivity index is 2.32. The average Bonchev–Trinajstić information content (AvgIpc) is 2.82. The van der Waals surface area contributed by atoms with Crippen LogP contribution in [-0.4, -0.2) is 23.1 Å². The summed E-state index contributed by atoms with van der Waals surface area (Å²) in [5.74, 6) is -0.908. The number of nitrogens with zero attached hydrogens (tertiary/aromatic N) is 1. The molecule has 0 aliphatic rings. The fraction of sp³-hybridized carbons (Fsp3) is 0.250. The van der Waals surface area contributed by atoms with Gasteiger partial charge in [-0.3, -0.25) is 4.79 Å². The van der Waals surface area contributed by atoms with E-state index < -0.39 is 11.9 Å². The summed E-state index contributed by atoms with van der Waals surface area (Å²) in [6.07, 6.45) is 1.78. The standard InChI is InChI=1S/C16H18N2O3/c1-2-21-16(20)13-8-9-18(14(13)10-15(17)19)11-12-6-4-3-5-7-12/h3-9H,2,10-11H2,1H3,(H2,17,19). The monoisotopic (exact) mass is 286 g/mol. The molecule has 0 saturated carbocycles. The van der Waals surface area contributed by atoms with E-state index in [0.717, 1.165) is 5.56 Å². The highest BCUT2D eigenvalue weighted by atomic mass is 16.5. The molecule has 5 heteroatoms. The van der Waals surface area contributed by atoms with E-state index in [-0.39, 0.29) is 6.42 Å². The molecule has 0 unspecified atom stereocenters. The lowest BCUT2D eigenvalue weighted by Gasteiger charge is -2.10. The Morgan fingerprint density at radius 2 is 1.90 bits per heavy atom. The maximum Gasteiger partial charge on any atom is 0.339 e. The molecule has 0 radical (unpaired) electrons. The molecule has 2 N–H and O–H groups in total. The number of amides is 1. The Labute approximate surface area is 123 Å².